The molecule has 1 atom stereocenters. The molecule has 2 N–H and O–H groups in total. The fourth-order valence-electron chi connectivity index (χ4n) is 3.87. The molecule has 2 amide bonds. The van der Waals surface area contributed by atoms with Gasteiger partial charge in [0.2, 0.25) is 0 Å². The van der Waals surface area contributed by atoms with Gasteiger partial charge in [0, 0.05) is 34.3 Å². The molecular formula is C24H26Cl3FN2O2. The second-order valence-corrected chi connectivity index (χ2v) is 9.31. The molecule has 0 radical (unpaired) electrons. The Balaban J connectivity index is 1.71. The zero-order valence-electron chi connectivity index (χ0n) is 17.6. The number of likely N-dealkylation sites (tertiary alicyclic amines) is 1. The van der Waals surface area contributed by atoms with Crippen LogP contribution in [0.15, 0.2) is 63.7 Å². The number of benzene rings is 1. The third-order valence-corrected chi connectivity index (χ3v) is 6.64. The van der Waals surface area contributed by atoms with Gasteiger partial charge in [-0.15, -0.1) is 0 Å². The summed E-state index contributed by atoms with van der Waals surface area (Å²) in [7, 11) is 0. The van der Waals surface area contributed by atoms with E-state index in [1.807, 2.05) is 12.2 Å². The number of anilines is 1. The van der Waals surface area contributed by atoms with E-state index in [2.05, 4.69) is 11.9 Å². The highest BCUT2D eigenvalue weighted by atomic mass is 35.5. The second kappa shape index (κ2) is 11.4. The topological polar surface area (TPSA) is 52.6 Å². The van der Waals surface area contributed by atoms with Crippen LogP contribution < -0.4 is 5.32 Å². The SMILES string of the molecule is C=C1CC=C(Cl)C(C=C2CCCN(C(=O)Nc3ccc(F)c(Cl)c3)C(CO)CC2)=C(Cl)C1. The van der Waals surface area contributed by atoms with E-state index in [-0.39, 0.29) is 23.7 Å². The summed E-state index contributed by atoms with van der Waals surface area (Å²) >= 11 is 18.8. The molecule has 1 aromatic rings. The summed E-state index contributed by atoms with van der Waals surface area (Å²) in [6, 6.07) is 3.32. The van der Waals surface area contributed by atoms with Crippen molar-refractivity contribution in [3.8, 4) is 0 Å². The molecule has 1 aliphatic carbocycles. The highest BCUT2D eigenvalue weighted by Gasteiger charge is 2.26. The van der Waals surface area contributed by atoms with Crippen molar-refractivity contribution in [3.05, 3.63) is 74.6 Å². The third-order valence-electron chi connectivity index (χ3n) is 5.65. The fourth-order valence-corrected chi connectivity index (χ4v) is 4.69. The largest absolute Gasteiger partial charge is 0.394 e. The van der Waals surface area contributed by atoms with Gasteiger partial charge in [-0.25, -0.2) is 9.18 Å². The number of nitrogens with one attached hydrogen (secondary N) is 1. The molecule has 1 aromatic carbocycles. The first-order valence-electron chi connectivity index (χ1n) is 10.5. The average molecular weight is 500 g/mol. The van der Waals surface area contributed by atoms with E-state index in [4.69, 9.17) is 34.8 Å². The molecule has 1 unspecified atom stereocenters. The number of aliphatic hydroxyl groups excluding tert-OH is 1. The molecule has 32 heavy (non-hydrogen) atoms. The normalized spacial score (nSPS) is 21.7. The van der Waals surface area contributed by atoms with Crippen LogP contribution in [0.2, 0.25) is 5.02 Å². The molecule has 1 saturated heterocycles. The van der Waals surface area contributed by atoms with Gasteiger partial charge in [0.15, 0.2) is 0 Å². The van der Waals surface area contributed by atoms with Crippen molar-refractivity contribution >= 4 is 46.5 Å². The highest BCUT2D eigenvalue weighted by molar-refractivity contribution is 6.36. The Morgan fingerprint density at radius 3 is 2.81 bits per heavy atom. The van der Waals surface area contributed by atoms with Crippen LogP contribution in [0.3, 0.4) is 0 Å². The molecule has 1 aliphatic heterocycles. The third kappa shape index (κ3) is 6.38. The van der Waals surface area contributed by atoms with E-state index < -0.39 is 5.82 Å². The van der Waals surface area contributed by atoms with Crippen molar-refractivity contribution in [3.63, 3.8) is 0 Å². The maximum atomic E-state index is 13.4. The summed E-state index contributed by atoms with van der Waals surface area (Å²) < 4.78 is 13.4. The van der Waals surface area contributed by atoms with Crippen LogP contribution in [-0.2, 0) is 0 Å². The van der Waals surface area contributed by atoms with Gasteiger partial charge in [-0.05, 0) is 50.3 Å². The molecule has 172 valence electrons. The van der Waals surface area contributed by atoms with Crippen molar-refractivity contribution in [2.45, 2.75) is 44.6 Å². The average Bonchev–Trinajstić information content (AvgIpc) is 2.85. The lowest BCUT2D eigenvalue weighted by atomic mass is 9.95. The number of amides is 2. The van der Waals surface area contributed by atoms with Gasteiger partial charge in [0.1, 0.15) is 5.82 Å². The number of halogens is 4. The smallest absolute Gasteiger partial charge is 0.322 e. The van der Waals surface area contributed by atoms with Crippen LogP contribution in [0.25, 0.3) is 0 Å². The van der Waals surface area contributed by atoms with Crippen molar-refractivity contribution in [2.75, 3.05) is 18.5 Å². The van der Waals surface area contributed by atoms with Crippen molar-refractivity contribution < 1.29 is 14.3 Å². The molecule has 0 aromatic heterocycles. The molecule has 1 fully saturated rings. The lowest BCUT2D eigenvalue weighted by molar-refractivity contribution is 0.131. The molecule has 0 spiro atoms. The number of nitrogens with zero attached hydrogens (tertiary/aromatic N) is 1. The van der Waals surface area contributed by atoms with Gasteiger partial charge in [0.25, 0.3) is 0 Å². The highest BCUT2D eigenvalue weighted by Crippen LogP contribution is 2.34. The predicted octanol–water partition coefficient (Wildman–Crippen LogP) is 7.14. The van der Waals surface area contributed by atoms with Gasteiger partial charge < -0.3 is 15.3 Å². The van der Waals surface area contributed by atoms with E-state index in [0.29, 0.717) is 48.0 Å². The van der Waals surface area contributed by atoms with E-state index in [0.717, 1.165) is 24.0 Å². The summed E-state index contributed by atoms with van der Waals surface area (Å²) in [6.45, 7) is 4.32. The number of carbonyl (C=O) groups excluding carboxylic acids is 1. The Hall–Kier alpha value is -1.79. The standard InChI is InChI=1S/C24H26Cl3FN2O2/c1-15-4-8-20(25)19(21(26)11-15)12-16-3-2-10-30(18(14-31)7-5-16)24(32)29-17-6-9-23(28)22(27)13-17/h6,8-9,12-13,18,31H,1-5,7,10-11,14H2,(H,29,32). The first-order valence-corrected chi connectivity index (χ1v) is 11.7. The lowest BCUT2D eigenvalue weighted by Crippen LogP contribution is -2.46. The number of urea groups is 1. The van der Waals surface area contributed by atoms with Crippen LogP contribution in [-0.4, -0.2) is 35.2 Å². The van der Waals surface area contributed by atoms with Crippen LogP contribution >= 0.6 is 34.8 Å². The van der Waals surface area contributed by atoms with E-state index in [1.54, 1.807) is 4.90 Å². The van der Waals surface area contributed by atoms with Gasteiger partial charge in [-0.2, -0.15) is 0 Å². The van der Waals surface area contributed by atoms with Crippen LogP contribution in [0.1, 0.15) is 38.5 Å². The van der Waals surface area contributed by atoms with E-state index in [1.165, 1.54) is 23.8 Å². The van der Waals surface area contributed by atoms with E-state index >= 15 is 0 Å². The zero-order chi connectivity index (χ0) is 23.3. The minimum atomic E-state index is -0.549. The van der Waals surface area contributed by atoms with Gasteiger partial charge in [0.05, 0.1) is 17.7 Å². The Bertz CT molecular complexity index is 987. The molecule has 1 heterocycles. The van der Waals surface area contributed by atoms with Crippen LogP contribution in [0, 0.1) is 5.82 Å². The summed E-state index contributed by atoms with van der Waals surface area (Å²) in [5.41, 5.74) is 3.43. The lowest BCUT2D eigenvalue weighted by Gasteiger charge is -2.33. The quantitative estimate of drug-likeness (QED) is 0.434. The molecule has 8 heteroatoms. The number of allylic oxidation sites excluding steroid dienone is 7. The number of hydrogen-bond acceptors (Lipinski definition) is 2. The monoisotopic (exact) mass is 498 g/mol. The summed E-state index contributed by atoms with van der Waals surface area (Å²) in [5.74, 6) is -0.549. The first kappa shape index (κ1) is 24.8. The number of rotatable bonds is 3. The molecule has 0 bridgehead atoms. The van der Waals surface area contributed by atoms with Crippen molar-refractivity contribution in [2.24, 2.45) is 0 Å². The van der Waals surface area contributed by atoms with E-state index in [9.17, 15) is 14.3 Å². The Kier molecular flexibility index (Phi) is 8.83. The van der Waals surface area contributed by atoms with Gasteiger partial charge in [-0.1, -0.05) is 64.7 Å². The maximum Gasteiger partial charge on any atom is 0.322 e. The van der Waals surface area contributed by atoms with Crippen LogP contribution in [0.4, 0.5) is 14.9 Å². The predicted molar refractivity (Wildman–Crippen MR) is 130 cm³/mol. The maximum absolute atomic E-state index is 13.4. The molecule has 0 saturated carbocycles. The summed E-state index contributed by atoms with van der Waals surface area (Å²) in [4.78, 5) is 14.5. The number of carbonyl (C=O) groups is 1. The molecule has 4 nitrogen and oxygen atoms in total. The Morgan fingerprint density at radius 2 is 2.09 bits per heavy atom. The van der Waals surface area contributed by atoms with Crippen molar-refractivity contribution in [1.29, 1.82) is 0 Å². The van der Waals surface area contributed by atoms with Crippen molar-refractivity contribution in [1.82, 2.24) is 4.90 Å². The van der Waals surface area contributed by atoms with Gasteiger partial charge in [-0.3, -0.25) is 0 Å². The van der Waals surface area contributed by atoms with Crippen LogP contribution in [0.5, 0.6) is 0 Å². The molecule has 3 rings (SSSR count). The molecule has 2 aliphatic rings. The summed E-state index contributed by atoms with van der Waals surface area (Å²) in [5, 5.41) is 13.9. The Morgan fingerprint density at radius 1 is 1.31 bits per heavy atom. The fraction of sp³-hybridized carbons (Fsp3) is 0.375. The second-order valence-electron chi connectivity index (χ2n) is 8.04. The van der Waals surface area contributed by atoms with Gasteiger partial charge >= 0.3 is 6.03 Å². The molecular weight excluding hydrogens is 474 g/mol. The minimum absolute atomic E-state index is 0.0632. The Labute approximate surface area is 203 Å². The number of hydrogen-bond donors (Lipinski definition) is 2. The summed E-state index contributed by atoms with van der Waals surface area (Å²) in [6.07, 6.45) is 8.09. The number of aliphatic hydroxyl groups is 1. The zero-order valence-corrected chi connectivity index (χ0v) is 19.9. The minimum Gasteiger partial charge on any atom is -0.394 e. The first-order chi connectivity index (χ1) is 15.3.